The van der Waals surface area contributed by atoms with Crippen LogP contribution in [-0.2, 0) is 14.4 Å². The first-order chi connectivity index (χ1) is 21.9. The van der Waals surface area contributed by atoms with E-state index in [1.807, 2.05) is 39.5 Å². The Balaban J connectivity index is 2.28. The summed E-state index contributed by atoms with van der Waals surface area (Å²) in [4.78, 5) is 42.1. The highest BCUT2D eigenvalue weighted by Crippen LogP contribution is 2.36. The Kier molecular flexibility index (Phi) is 18.1. The van der Waals surface area contributed by atoms with Crippen LogP contribution in [0.1, 0.15) is 119 Å². The van der Waals surface area contributed by atoms with E-state index >= 15 is 0 Å². The normalized spacial score (nSPS) is 26.2. The van der Waals surface area contributed by atoms with Gasteiger partial charge in [0.05, 0.1) is 12.1 Å². The fraction of sp³-hybridized carbons (Fsp3) is 0.861. The summed E-state index contributed by atoms with van der Waals surface area (Å²) in [5.41, 5.74) is 2.92. The van der Waals surface area contributed by atoms with E-state index in [0.717, 1.165) is 25.7 Å². The molecule has 0 aromatic rings. The second kappa shape index (κ2) is 20.9. The third kappa shape index (κ3) is 13.9. The number of hydrogen-bond acceptors (Lipinski definition) is 5. The zero-order valence-corrected chi connectivity index (χ0v) is 29.3. The van der Waals surface area contributed by atoms with Gasteiger partial charge in [-0.1, -0.05) is 41.0 Å². The zero-order chi connectivity index (χ0) is 34.2. The molecule has 2 fully saturated rings. The van der Waals surface area contributed by atoms with Crippen molar-refractivity contribution in [2.24, 2.45) is 29.6 Å². The molecule has 0 radical (unpaired) electrons. The average molecular weight is 653 g/mol. The summed E-state index contributed by atoms with van der Waals surface area (Å²) in [5.74, 6) is 4.74. The van der Waals surface area contributed by atoms with Gasteiger partial charge in [0.15, 0.2) is 0 Å². The van der Waals surface area contributed by atoms with Gasteiger partial charge in [-0.2, -0.15) is 0 Å². The maximum atomic E-state index is 14.4. The van der Waals surface area contributed by atoms with Gasteiger partial charge < -0.3 is 15.3 Å². The number of unbranched alkanes of at least 4 members (excludes halogenated alkanes) is 1. The number of hydrazine groups is 1. The molecule has 3 amide bonds. The summed E-state index contributed by atoms with van der Waals surface area (Å²) in [6, 6.07) is -0.774. The molecule has 264 valence electrons. The van der Waals surface area contributed by atoms with Crippen molar-refractivity contribution in [2.75, 3.05) is 26.2 Å². The summed E-state index contributed by atoms with van der Waals surface area (Å²) in [6.07, 6.45) is 2.13. The van der Waals surface area contributed by atoms with Crippen LogP contribution in [0.3, 0.4) is 0 Å². The first-order valence-corrected chi connectivity index (χ1v) is 17.9. The highest BCUT2D eigenvalue weighted by atomic mass is 19.1. The molecule has 2 saturated carbocycles. The van der Waals surface area contributed by atoms with Gasteiger partial charge in [0.1, 0.15) is 12.3 Å². The summed E-state index contributed by atoms with van der Waals surface area (Å²) < 4.78 is 28.8. The number of aliphatic hydroxyl groups excluding tert-OH is 1. The Morgan fingerprint density at radius 2 is 1.52 bits per heavy atom. The number of alkyl halides is 2. The lowest BCUT2D eigenvalue weighted by Gasteiger charge is -2.37. The summed E-state index contributed by atoms with van der Waals surface area (Å²) in [5, 5.41) is 16.3. The fourth-order valence-electron chi connectivity index (χ4n) is 7.13. The van der Waals surface area contributed by atoms with Crippen molar-refractivity contribution >= 4 is 17.7 Å². The molecule has 7 unspecified atom stereocenters. The minimum atomic E-state index is -1.26. The Morgan fingerprint density at radius 3 is 2.09 bits per heavy atom. The van der Waals surface area contributed by atoms with Crippen LogP contribution >= 0.6 is 0 Å². The molecule has 8 nitrogen and oxygen atoms in total. The van der Waals surface area contributed by atoms with Crippen molar-refractivity contribution in [3.63, 3.8) is 0 Å². The molecule has 0 bridgehead atoms. The van der Waals surface area contributed by atoms with Crippen LogP contribution in [0, 0.1) is 41.4 Å². The van der Waals surface area contributed by atoms with Crippen LogP contribution in [-0.4, -0.2) is 83.4 Å². The maximum Gasteiger partial charge on any atom is 0.234 e. The van der Waals surface area contributed by atoms with E-state index in [0.29, 0.717) is 45.3 Å². The van der Waals surface area contributed by atoms with Gasteiger partial charge in [0.25, 0.3) is 0 Å². The predicted octanol–water partition coefficient (Wildman–Crippen LogP) is 5.58. The van der Waals surface area contributed by atoms with Crippen LogP contribution in [0.4, 0.5) is 8.78 Å². The number of carbonyl (C=O) groups is 3. The quantitative estimate of drug-likeness (QED) is 0.133. The number of rotatable bonds is 18. The van der Waals surface area contributed by atoms with Gasteiger partial charge in [0.2, 0.25) is 17.7 Å². The highest BCUT2D eigenvalue weighted by Gasteiger charge is 2.39. The fourth-order valence-corrected chi connectivity index (χ4v) is 7.13. The summed E-state index contributed by atoms with van der Waals surface area (Å²) >= 11 is 0. The minimum absolute atomic E-state index is 0.0644. The maximum absolute atomic E-state index is 14.4. The molecule has 2 aliphatic rings. The number of halogens is 2. The first kappa shape index (κ1) is 39.9. The minimum Gasteiger partial charge on any atom is -0.390 e. The molecule has 7 atom stereocenters. The van der Waals surface area contributed by atoms with E-state index in [4.69, 9.17) is 0 Å². The van der Waals surface area contributed by atoms with Crippen molar-refractivity contribution in [3.8, 4) is 11.8 Å². The van der Waals surface area contributed by atoms with E-state index in [-0.39, 0.29) is 73.6 Å². The average Bonchev–Trinajstić information content (AvgIpc) is 2.98. The lowest BCUT2D eigenvalue weighted by atomic mass is 9.74. The number of amides is 3. The molecule has 0 aromatic carbocycles. The van der Waals surface area contributed by atoms with Crippen LogP contribution in [0.25, 0.3) is 0 Å². The van der Waals surface area contributed by atoms with Crippen molar-refractivity contribution in [1.29, 1.82) is 0 Å². The highest BCUT2D eigenvalue weighted by molar-refractivity contribution is 5.83. The Labute approximate surface area is 277 Å². The van der Waals surface area contributed by atoms with Crippen LogP contribution in [0.2, 0.25) is 0 Å². The molecular weight excluding hydrogens is 590 g/mol. The molecule has 3 N–H and O–H groups in total. The number of hydrogen-bond donors (Lipinski definition) is 3. The molecule has 0 heterocycles. The van der Waals surface area contributed by atoms with Gasteiger partial charge in [-0.25, -0.2) is 13.8 Å². The van der Waals surface area contributed by atoms with Crippen molar-refractivity contribution in [1.82, 2.24) is 20.7 Å². The van der Waals surface area contributed by atoms with E-state index in [9.17, 15) is 28.3 Å². The summed E-state index contributed by atoms with van der Waals surface area (Å²) in [6.45, 7) is 13.8. The van der Waals surface area contributed by atoms with Crippen molar-refractivity contribution in [2.45, 2.75) is 143 Å². The molecular formula is C36H62F2N4O4. The third-order valence-corrected chi connectivity index (χ3v) is 9.21. The largest absolute Gasteiger partial charge is 0.390 e. The van der Waals surface area contributed by atoms with Gasteiger partial charge in [-0.15, -0.1) is 11.8 Å². The second-order valence-corrected chi connectivity index (χ2v) is 14.1. The Bertz CT molecular complexity index is 986. The molecule has 0 aliphatic heterocycles. The molecule has 0 aromatic heterocycles. The SMILES string of the molecule is CC#CC1CC(C(=O)NC(CC2CC(F)CC(F)C2)C(O)CN(CCCC)NC(=O)CC(C)C)CC(C(=O)N(CCC)CCC)C1. The van der Waals surface area contributed by atoms with Crippen LogP contribution in [0.5, 0.6) is 0 Å². The van der Waals surface area contributed by atoms with Gasteiger partial charge in [-0.3, -0.25) is 19.8 Å². The second-order valence-electron chi connectivity index (χ2n) is 14.1. The van der Waals surface area contributed by atoms with E-state index in [2.05, 4.69) is 22.6 Å². The lowest BCUT2D eigenvalue weighted by molar-refractivity contribution is -0.139. The summed E-state index contributed by atoms with van der Waals surface area (Å²) in [7, 11) is 0. The van der Waals surface area contributed by atoms with Gasteiger partial charge >= 0.3 is 0 Å². The van der Waals surface area contributed by atoms with E-state index in [1.54, 1.807) is 11.9 Å². The number of carbonyl (C=O) groups excluding carboxylic acids is 3. The Morgan fingerprint density at radius 1 is 0.891 bits per heavy atom. The molecule has 2 aliphatic carbocycles. The van der Waals surface area contributed by atoms with Crippen molar-refractivity contribution in [3.05, 3.63) is 0 Å². The van der Waals surface area contributed by atoms with Crippen molar-refractivity contribution < 1.29 is 28.3 Å². The topological polar surface area (TPSA) is 102 Å². The number of nitrogens with one attached hydrogen (secondary N) is 2. The number of aliphatic hydroxyl groups is 1. The van der Waals surface area contributed by atoms with Gasteiger partial charge in [-0.05, 0) is 76.5 Å². The Hall–Kier alpha value is -2.25. The molecule has 10 heteroatoms. The zero-order valence-electron chi connectivity index (χ0n) is 29.3. The molecule has 0 saturated heterocycles. The lowest BCUT2D eigenvalue weighted by Crippen LogP contribution is -2.54. The first-order valence-electron chi connectivity index (χ1n) is 17.9. The van der Waals surface area contributed by atoms with Crippen LogP contribution in [0.15, 0.2) is 0 Å². The van der Waals surface area contributed by atoms with Gasteiger partial charge in [0, 0.05) is 56.8 Å². The molecule has 0 spiro atoms. The number of nitrogens with zero attached hydrogens (tertiary/aromatic N) is 2. The third-order valence-electron chi connectivity index (χ3n) is 9.21. The molecule has 46 heavy (non-hydrogen) atoms. The standard InChI is InChI=1S/C36H62F2N4O4/c1-7-11-15-42(40-34(44)16-25(5)6)24-33(43)32(21-27-19-30(37)23-31(38)20-27)39-35(45)28-17-26(12-8-2)18-29(22-28)36(46)41(13-9-3)14-10-4/h25-33,43H,7,9-11,13-24H2,1-6H3,(H,39,45)(H,40,44). The van der Waals surface area contributed by atoms with Crippen LogP contribution < -0.4 is 10.7 Å². The molecule has 2 rings (SSSR count). The monoisotopic (exact) mass is 652 g/mol. The predicted molar refractivity (Wildman–Crippen MR) is 179 cm³/mol. The smallest absolute Gasteiger partial charge is 0.234 e. The van der Waals surface area contributed by atoms with E-state index in [1.165, 1.54) is 0 Å². The van der Waals surface area contributed by atoms with E-state index < -0.39 is 30.4 Å².